The Morgan fingerprint density at radius 3 is 0.823 bits per heavy atom. The molecule has 0 atom stereocenters. The van der Waals surface area contributed by atoms with Crippen LogP contribution in [0, 0.1) is 43.4 Å². The Hall–Kier alpha value is -3.84. The zero-order valence-corrected chi connectivity index (χ0v) is 40.1. The molecule has 5 radical (unpaired) electrons. The summed E-state index contributed by atoms with van der Waals surface area (Å²) in [6.07, 6.45) is 10.0. The summed E-state index contributed by atoms with van der Waals surface area (Å²) in [5, 5.41) is 12.7. The van der Waals surface area contributed by atoms with Gasteiger partial charge in [-0.3, -0.25) is 9.97 Å². The second kappa shape index (κ2) is 23.7. The third-order valence-corrected chi connectivity index (χ3v) is 12.7. The third kappa shape index (κ3) is 21.5. The number of nitrogens with zero attached hydrogens (tertiary/aromatic N) is 3. The smallest absolute Gasteiger partial charge is 0.0312 e. The number of benzene rings is 4. The van der Waals surface area contributed by atoms with E-state index in [9.17, 15) is 25.2 Å². The van der Waals surface area contributed by atoms with Crippen molar-refractivity contribution in [2.24, 2.45) is 0 Å². The van der Waals surface area contributed by atoms with Crippen molar-refractivity contribution in [2.45, 2.75) is 59.3 Å². The minimum absolute atomic E-state index is 0. The summed E-state index contributed by atoms with van der Waals surface area (Å²) < 4.78 is 59.2. The van der Waals surface area contributed by atoms with Crippen molar-refractivity contribution >= 4 is 55.7 Å². The summed E-state index contributed by atoms with van der Waals surface area (Å²) in [6, 6.07) is 57.5. The van der Waals surface area contributed by atoms with Gasteiger partial charge in [-0.2, -0.15) is 5.26 Å². The molecule has 0 unspecified atom stereocenters. The summed E-state index contributed by atoms with van der Waals surface area (Å²) >= 11 is 0. The van der Waals surface area contributed by atoms with Crippen molar-refractivity contribution in [3.63, 3.8) is 0 Å². The largest absolute Gasteiger partial charge is 2.00 e. The molecule has 2 aromatic heterocycles. The zero-order valence-electron chi connectivity index (χ0n) is 35.7. The van der Waals surface area contributed by atoms with Crippen molar-refractivity contribution in [1.82, 2.24) is 9.97 Å². The maximum absolute atomic E-state index is 10.7. The molecule has 1 aliphatic carbocycles. The van der Waals surface area contributed by atoms with Gasteiger partial charge in [0.15, 0.2) is 0 Å². The SMILES string of the molecule is CC#N.CC(C)(C)c1cccc(P(c2ccccc2)c2ccccc2)n1.CC(C)(C)c1cccc(P(c2ccccc2)c2ccccc2)n1.F[P-](F)(F)(F)(F)F.[CH]1[CH][CH][CH][CH]1.[Ru+2]. The van der Waals surface area contributed by atoms with Gasteiger partial charge in [0.05, 0.1) is 16.9 Å². The van der Waals surface area contributed by atoms with Gasteiger partial charge in [-0.15, -0.1) is 0 Å². The van der Waals surface area contributed by atoms with E-state index in [0.717, 1.165) is 11.4 Å². The number of rotatable bonds is 6. The van der Waals surface area contributed by atoms with E-state index in [2.05, 4.69) is 199 Å². The van der Waals surface area contributed by atoms with Crippen molar-refractivity contribution < 1.29 is 44.7 Å². The van der Waals surface area contributed by atoms with E-state index in [1.807, 2.05) is 32.1 Å². The average Bonchev–Trinajstić information content (AvgIpc) is 3.80. The molecule has 4 aromatic carbocycles. The van der Waals surface area contributed by atoms with Crippen LogP contribution in [0.15, 0.2) is 158 Å². The second-order valence-electron chi connectivity index (χ2n) is 15.4. The summed E-state index contributed by atoms with van der Waals surface area (Å²) in [5.41, 5.74) is 4.76. The fourth-order valence-electron chi connectivity index (χ4n) is 5.39. The van der Waals surface area contributed by atoms with Crippen LogP contribution in [0.3, 0.4) is 0 Å². The van der Waals surface area contributed by atoms with Crippen LogP contribution in [0.4, 0.5) is 25.2 Å². The van der Waals surface area contributed by atoms with Gasteiger partial charge < -0.3 is 0 Å². The quantitative estimate of drug-likeness (QED) is 0.0949. The number of hydrogen-bond donors (Lipinski definition) is 0. The molecule has 7 rings (SSSR count). The van der Waals surface area contributed by atoms with E-state index in [0.29, 0.717) is 0 Å². The molecule has 0 spiro atoms. The predicted molar refractivity (Wildman–Crippen MR) is 250 cm³/mol. The number of pyridine rings is 2. The van der Waals surface area contributed by atoms with Gasteiger partial charge in [0.1, 0.15) is 0 Å². The average molecular weight is 991 g/mol. The van der Waals surface area contributed by atoms with E-state index >= 15 is 0 Å². The first-order chi connectivity index (χ1) is 28.5. The topological polar surface area (TPSA) is 49.6 Å². The summed E-state index contributed by atoms with van der Waals surface area (Å²) in [6.45, 7) is 14.7. The van der Waals surface area contributed by atoms with Gasteiger partial charge in [0.2, 0.25) is 0 Å². The minimum atomic E-state index is -10.7. The van der Waals surface area contributed by atoms with E-state index < -0.39 is 23.7 Å². The molecular weight excluding hydrogens is 939 g/mol. The Kier molecular flexibility index (Phi) is 20.8. The third-order valence-electron chi connectivity index (χ3n) is 8.08. The van der Waals surface area contributed by atoms with Crippen molar-refractivity contribution in [3.05, 3.63) is 201 Å². The predicted octanol–water partition coefficient (Wildman–Crippen LogP) is 13.2. The normalized spacial score (nSPS) is 13.3. The summed E-state index contributed by atoms with van der Waals surface area (Å²) in [5.74, 6) is 0. The van der Waals surface area contributed by atoms with Crippen LogP contribution in [0.2, 0.25) is 0 Å². The van der Waals surface area contributed by atoms with Crippen LogP contribution < -0.4 is 32.1 Å². The van der Waals surface area contributed by atoms with Crippen LogP contribution in [-0.2, 0) is 30.3 Å². The number of hydrogen-bond acceptors (Lipinski definition) is 3. The zero-order chi connectivity index (χ0) is 45.2. The fraction of sp³-hybridized carbons (Fsp3) is 0.184. The van der Waals surface area contributed by atoms with Crippen LogP contribution in [0.5, 0.6) is 0 Å². The molecule has 1 aliphatic rings. The molecule has 3 nitrogen and oxygen atoms in total. The first kappa shape index (κ1) is 54.3. The van der Waals surface area contributed by atoms with Gasteiger partial charge in [-0.25, -0.2) is 0 Å². The number of aromatic nitrogens is 2. The number of nitriles is 1. The maximum Gasteiger partial charge on any atom is 2.00 e. The Morgan fingerprint density at radius 1 is 0.419 bits per heavy atom. The van der Waals surface area contributed by atoms with Gasteiger partial charge in [0.25, 0.3) is 0 Å². The molecule has 1 fully saturated rings. The van der Waals surface area contributed by atoms with Crippen LogP contribution in [0.1, 0.15) is 59.9 Å². The van der Waals surface area contributed by atoms with Crippen molar-refractivity contribution in [3.8, 4) is 6.07 Å². The van der Waals surface area contributed by atoms with Gasteiger partial charge in [-0.1, -0.05) is 175 Å². The van der Waals surface area contributed by atoms with Gasteiger partial charge in [-0.05, 0) is 77.6 Å². The molecule has 0 saturated heterocycles. The van der Waals surface area contributed by atoms with Crippen LogP contribution >= 0.6 is 23.7 Å². The maximum atomic E-state index is 9.87. The van der Waals surface area contributed by atoms with Gasteiger partial charge in [0, 0.05) is 45.0 Å². The van der Waals surface area contributed by atoms with Crippen LogP contribution in [0.25, 0.3) is 0 Å². The van der Waals surface area contributed by atoms with Gasteiger partial charge >= 0.3 is 52.5 Å². The first-order valence-corrected chi connectivity index (χ1v) is 24.0. The van der Waals surface area contributed by atoms with E-state index in [1.54, 1.807) is 6.07 Å². The number of halogens is 6. The first-order valence-electron chi connectivity index (χ1n) is 19.3. The molecule has 0 amide bonds. The molecule has 2 heterocycles. The molecule has 1 saturated carbocycles. The summed E-state index contributed by atoms with van der Waals surface area (Å²) in [7, 11) is -11.9. The summed E-state index contributed by atoms with van der Waals surface area (Å²) in [4.78, 5) is 10.1. The molecule has 6 aromatic rings. The molecule has 0 N–H and O–H groups in total. The second-order valence-corrected chi connectivity index (χ2v) is 21.7. The monoisotopic (exact) mass is 991 g/mol. The fourth-order valence-corrected chi connectivity index (χ4v) is 9.81. The Labute approximate surface area is 380 Å². The Bertz CT molecular complexity index is 1990. The van der Waals surface area contributed by atoms with E-state index in [-0.39, 0.29) is 30.3 Å². The minimum Gasteiger partial charge on any atom is -0.0312 e. The van der Waals surface area contributed by atoms with Crippen molar-refractivity contribution in [2.75, 3.05) is 0 Å². The molecule has 327 valence electrons. The molecular formula is C49H52F6N3P3Ru+. The standard InChI is InChI=1S/2C21H22NP.C5H5.C2H3N.F6P.Ru/c2*1-21(2,3)19-15-10-16-20(22-19)23(17-11-6-4-7-12-17)18-13-8-5-9-14-18;1-2-4-5-3-1;1-2-3;1-7(2,3,4,5)6;/h2*4-16H,1-3H3;1-5H;1H3;;/q;;;;-1;+2. The molecule has 62 heavy (non-hydrogen) atoms. The van der Waals surface area contributed by atoms with E-state index in [1.165, 1.54) is 39.0 Å². The van der Waals surface area contributed by atoms with E-state index in [4.69, 9.17) is 15.2 Å². The van der Waals surface area contributed by atoms with Crippen molar-refractivity contribution in [1.29, 1.82) is 5.26 Å². The Morgan fingerprint density at radius 2 is 0.629 bits per heavy atom. The van der Waals surface area contributed by atoms with Crippen LogP contribution in [-0.4, -0.2) is 9.97 Å². The molecule has 13 heteroatoms. The molecule has 0 bridgehead atoms. The molecule has 0 aliphatic heterocycles. The Balaban J connectivity index is 0.000000318.